The van der Waals surface area contributed by atoms with Gasteiger partial charge in [-0.1, -0.05) is 81.4 Å². The van der Waals surface area contributed by atoms with Crippen molar-refractivity contribution in [3.05, 3.63) is 76.3 Å². The molecular formula is C39H51FIrN3O2-. The second-order valence-electron chi connectivity index (χ2n) is 13.2. The predicted octanol–water partition coefficient (Wildman–Crippen LogP) is 10.8. The van der Waals surface area contributed by atoms with E-state index in [2.05, 4.69) is 24.9 Å². The van der Waals surface area contributed by atoms with Crippen LogP contribution in [0.3, 0.4) is 0 Å². The maximum absolute atomic E-state index is 14.7. The van der Waals surface area contributed by atoms with Crippen molar-refractivity contribution in [3.63, 3.8) is 0 Å². The standard InChI is InChI=1S/C24H23FN3.C15H28O2.Ir/c1-12(2)24-27-22(18-9-7-14(4)26-16(18)6)19-10-8-17-11-13(3)21(25)15(5)20(17)23(19)28-24;1-7-14(5,8-2)12(16)11-13(17)15(6,9-3)10-4;/h7-8,10-12H,1-6H3;11,16H,7-10H2,1-6H3;/q-1;;/b;12-11-;. The molecule has 251 valence electrons. The molecule has 2 aromatic heterocycles. The minimum atomic E-state index is -0.337. The minimum Gasteiger partial charge on any atom is -0.512 e. The fourth-order valence-corrected chi connectivity index (χ4v) is 5.45. The van der Waals surface area contributed by atoms with Gasteiger partial charge in [-0.25, -0.2) is 9.37 Å². The van der Waals surface area contributed by atoms with Gasteiger partial charge in [-0.3, -0.25) is 9.78 Å². The van der Waals surface area contributed by atoms with Crippen LogP contribution in [-0.4, -0.2) is 25.8 Å². The van der Waals surface area contributed by atoms with E-state index in [0.29, 0.717) is 11.1 Å². The van der Waals surface area contributed by atoms with Crippen molar-refractivity contribution in [1.82, 2.24) is 15.0 Å². The Bertz CT molecular complexity index is 1740. The first kappa shape index (κ1) is 39.2. The van der Waals surface area contributed by atoms with Gasteiger partial charge in [-0.2, -0.15) is 0 Å². The van der Waals surface area contributed by atoms with Gasteiger partial charge in [-0.15, -0.1) is 17.7 Å². The molecule has 0 saturated heterocycles. The summed E-state index contributed by atoms with van der Waals surface area (Å²) in [4.78, 5) is 26.5. The molecule has 0 spiro atoms. The Morgan fingerprint density at radius 3 is 2.07 bits per heavy atom. The van der Waals surface area contributed by atoms with Gasteiger partial charge in [0.2, 0.25) is 0 Å². The summed E-state index contributed by atoms with van der Waals surface area (Å²) in [6, 6.07) is 11.2. The second-order valence-corrected chi connectivity index (χ2v) is 13.2. The van der Waals surface area contributed by atoms with Crippen molar-refractivity contribution in [2.75, 3.05) is 0 Å². The molecule has 0 aliphatic heterocycles. The number of hydrogen-bond donors (Lipinski definition) is 1. The number of nitrogens with zero attached hydrogens (tertiary/aromatic N) is 3. The molecule has 4 rings (SSSR count). The molecule has 0 atom stereocenters. The average molecular weight is 805 g/mol. The van der Waals surface area contributed by atoms with Gasteiger partial charge >= 0.3 is 0 Å². The fraction of sp³-hybridized carbons (Fsp3) is 0.487. The summed E-state index contributed by atoms with van der Waals surface area (Å²) >= 11 is 0. The van der Waals surface area contributed by atoms with E-state index >= 15 is 0 Å². The van der Waals surface area contributed by atoms with Crippen molar-refractivity contribution in [2.45, 2.75) is 115 Å². The van der Waals surface area contributed by atoms with E-state index in [9.17, 15) is 14.3 Å². The van der Waals surface area contributed by atoms with Gasteiger partial charge in [0.15, 0.2) is 5.78 Å². The first-order chi connectivity index (χ1) is 21.1. The van der Waals surface area contributed by atoms with Gasteiger partial charge in [0.1, 0.15) is 17.4 Å². The van der Waals surface area contributed by atoms with Gasteiger partial charge in [-0.05, 0) is 78.9 Å². The Labute approximate surface area is 288 Å². The van der Waals surface area contributed by atoms with E-state index in [1.54, 1.807) is 6.92 Å². The van der Waals surface area contributed by atoms with Crippen LogP contribution in [0.15, 0.2) is 36.1 Å². The second kappa shape index (κ2) is 15.7. The van der Waals surface area contributed by atoms with E-state index in [0.717, 1.165) is 75.8 Å². The first-order valence-electron chi connectivity index (χ1n) is 16.3. The van der Waals surface area contributed by atoms with Crippen molar-refractivity contribution < 1.29 is 34.4 Å². The number of aromatic nitrogens is 3. The van der Waals surface area contributed by atoms with E-state index in [-0.39, 0.29) is 54.2 Å². The molecule has 5 nitrogen and oxygen atoms in total. The molecule has 7 heteroatoms. The quantitative estimate of drug-likeness (QED) is 0.0789. The molecule has 0 aliphatic carbocycles. The van der Waals surface area contributed by atoms with Crippen LogP contribution in [0.5, 0.6) is 0 Å². The Hall–Kier alpha value is -3.02. The van der Waals surface area contributed by atoms with Crippen LogP contribution in [0.2, 0.25) is 0 Å². The monoisotopic (exact) mass is 805 g/mol. The summed E-state index contributed by atoms with van der Waals surface area (Å²) in [5.41, 5.74) is 4.93. The summed E-state index contributed by atoms with van der Waals surface area (Å²) in [6.45, 7) is 23.8. The molecule has 1 radical (unpaired) electrons. The molecule has 2 heterocycles. The number of aliphatic hydroxyl groups excluding tert-OH is 1. The molecular weight excluding hydrogens is 754 g/mol. The number of fused-ring (bicyclic) bond motifs is 3. The van der Waals surface area contributed by atoms with Gasteiger partial charge < -0.3 is 10.1 Å². The molecule has 0 bridgehead atoms. The smallest absolute Gasteiger partial charge is 0.164 e. The van der Waals surface area contributed by atoms with Crippen molar-refractivity contribution in [1.29, 1.82) is 0 Å². The number of pyridine rings is 1. The van der Waals surface area contributed by atoms with Crippen LogP contribution in [0.25, 0.3) is 32.9 Å². The normalized spacial score (nSPS) is 12.3. The summed E-state index contributed by atoms with van der Waals surface area (Å²) in [5.74, 6) is 0.997. The Morgan fingerprint density at radius 2 is 1.54 bits per heavy atom. The summed E-state index contributed by atoms with van der Waals surface area (Å²) in [5, 5.41) is 12.9. The molecule has 0 saturated carbocycles. The molecule has 0 aliphatic rings. The largest absolute Gasteiger partial charge is 0.512 e. The predicted molar refractivity (Wildman–Crippen MR) is 185 cm³/mol. The molecule has 4 aromatic rings. The zero-order valence-electron chi connectivity index (χ0n) is 29.7. The maximum atomic E-state index is 14.7. The number of allylic oxidation sites excluding steroid dienone is 2. The van der Waals surface area contributed by atoms with Crippen molar-refractivity contribution in [3.8, 4) is 11.3 Å². The topological polar surface area (TPSA) is 76.0 Å². The summed E-state index contributed by atoms with van der Waals surface area (Å²) in [7, 11) is 0. The van der Waals surface area contributed by atoms with E-state index < -0.39 is 0 Å². The number of carbonyl (C=O) groups excluding carboxylic acids is 1. The third-order valence-electron chi connectivity index (χ3n) is 9.83. The zero-order valence-corrected chi connectivity index (χ0v) is 32.1. The molecule has 46 heavy (non-hydrogen) atoms. The molecule has 1 N–H and O–H groups in total. The van der Waals surface area contributed by atoms with Crippen molar-refractivity contribution in [2.24, 2.45) is 10.8 Å². The molecule has 0 unspecified atom stereocenters. The number of benzene rings is 2. The van der Waals surface area contributed by atoms with E-state index in [1.807, 2.05) is 86.6 Å². The number of carbonyl (C=O) groups is 1. The summed E-state index contributed by atoms with van der Waals surface area (Å²) in [6.07, 6.45) is 4.75. The summed E-state index contributed by atoms with van der Waals surface area (Å²) < 4.78 is 14.7. The van der Waals surface area contributed by atoms with Gasteiger partial charge in [0, 0.05) is 54.0 Å². The van der Waals surface area contributed by atoms with E-state index in [1.165, 1.54) is 6.08 Å². The van der Waals surface area contributed by atoms with Crippen molar-refractivity contribution >= 4 is 27.5 Å². The van der Waals surface area contributed by atoms with Crippen LogP contribution in [-0.2, 0) is 24.9 Å². The number of aliphatic hydroxyl groups is 1. The SMILES string of the molecule is CCC(C)(CC)C(=O)/C=C(\O)C(C)(CC)CC.Cc1c[c-]c(-c2nc(C(C)C)nc3c2ccc2cc(C)c(F)c(C)c23)c(C)n1.[Ir]. The maximum Gasteiger partial charge on any atom is 0.164 e. The van der Waals surface area contributed by atoms with Crippen LogP contribution >= 0.6 is 0 Å². The Balaban J connectivity index is 0.000000356. The Kier molecular flexibility index (Phi) is 13.4. The molecule has 0 amide bonds. The first-order valence-corrected chi connectivity index (χ1v) is 16.3. The van der Waals surface area contributed by atoms with Crippen LogP contribution < -0.4 is 0 Å². The number of ketones is 1. The third-order valence-corrected chi connectivity index (χ3v) is 9.83. The van der Waals surface area contributed by atoms with Crippen LogP contribution in [0.4, 0.5) is 4.39 Å². The molecule has 0 fully saturated rings. The Morgan fingerprint density at radius 1 is 0.957 bits per heavy atom. The number of hydrogen-bond acceptors (Lipinski definition) is 5. The van der Waals surface area contributed by atoms with Gasteiger partial charge in [0.05, 0.1) is 5.52 Å². The number of aryl methyl sites for hydroxylation is 4. The van der Waals surface area contributed by atoms with E-state index in [4.69, 9.17) is 9.97 Å². The fourth-order valence-electron chi connectivity index (χ4n) is 5.45. The minimum absolute atomic E-state index is 0. The van der Waals surface area contributed by atoms with Gasteiger partial charge in [0.25, 0.3) is 0 Å². The molecule has 2 aromatic carbocycles. The zero-order chi connectivity index (χ0) is 33.9. The number of halogens is 1. The third kappa shape index (κ3) is 7.91. The van der Waals surface area contributed by atoms with Crippen LogP contribution in [0, 0.1) is 50.4 Å². The van der Waals surface area contributed by atoms with Crippen LogP contribution in [0.1, 0.15) is 115 Å². The average Bonchev–Trinajstić information content (AvgIpc) is 3.02. The number of rotatable bonds is 9.